The number of hydrogen-bond donors (Lipinski definition) is 1. The molecule has 0 radical (unpaired) electrons. The molecule has 0 bridgehead atoms. The van der Waals surface area contributed by atoms with E-state index in [1.165, 1.54) is 5.56 Å². The lowest BCUT2D eigenvalue weighted by Crippen LogP contribution is -2.26. The SMILES string of the molecule is O=C(NCCSCc1cccc(Cl)c1)c1cc(Br)ccc1Cl. The molecule has 0 heterocycles. The smallest absolute Gasteiger partial charge is 0.252 e. The van der Waals surface area contributed by atoms with Crippen molar-refractivity contribution < 1.29 is 4.79 Å². The molecule has 0 aromatic heterocycles. The quantitative estimate of drug-likeness (QED) is 0.634. The summed E-state index contributed by atoms with van der Waals surface area (Å²) in [6.45, 7) is 0.590. The van der Waals surface area contributed by atoms with Gasteiger partial charge in [0.05, 0.1) is 10.6 Å². The summed E-state index contributed by atoms with van der Waals surface area (Å²) < 4.78 is 0.831. The Morgan fingerprint density at radius 2 is 2.00 bits per heavy atom. The van der Waals surface area contributed by atoms with Crippen LogP contribution in [0.5, 0.6) is 0 Å². The van der Waals surface area contributed by atoms with Gasteiger partial charge in [-0.3, -0.25) is 4.79 Å². The van der Waals surface area contributed by atoms with Crippen molar-refractivity contribution in [3.63, 3.8) is 0 Å². The van der Waals surface area contributed by atoms with Crippen LogP contribution in [0.15, 0.2) is 46.9 Å². The molecule has 2 rings (SSSR count). The fraction of sp³-hybridized carbons (Fsp3) is 0.188. The molecule has 22 heavy (non-hydrogen) atoms. The highest BCUT2D eigenvalue weighted by atomic mass is 79.9. The normalized spacial score (nSPS) is 10.5. The maximum atomic E-state index is 12.1. The van der Waals surface area contributed by atoms with Gasteiger partial charge < -0.3 is 5.32 Å². The standard InChI is InChI=1S/C16H14BrCl2NOS/c17-12-4-5-15(19)14(9-12)16(21)20-6-7-22-10-11-2-1-3-13(18)8-11/h1-5,8-9H,6-7,10H2,(H,20,21). The molecule has 0 fully saturated rings. The second kappa shape index (κ2) is 8.82. The molecule has 0 spiro atoms. The largest absolute Gasteiger partial charge is 0.351 e. The third-order valence-electron chi connectivity index (χ3n) is 2.86. The Bertz CT molecular complexity index is 666. The Morgan fingerprint density at radius 1 is 1.18 bits per heavy atom. The molecule has 2 aromatic carbocycles. The minimum Gasteiger partial charge on any atom is -0.351 e. The molecule has 0 saturated carbocycles. The van der Waals surface area contributed by atoms with E-state index in [2.05, 4.69) is 21.2 Å². The van der Waals surface area contributed by atoms with Crippen molar-refractivity contribution in [2.75, 3.05) is 12.3 Å². The van der Waals surface area contributed by atoms with Gasteiger partial charge in [0.2, 0.25) is 0 Å². The summed E-state index contributed by atoms with van der Waals surface area (Å²) in [5, 5.41) is 4.07. The van der Waals surface area contributed by atoms with E-state index in [1.807, 2.05) is 24.3 Å². The van der Waals surface area contributed by atoms with Crippen molar-refractivity contribution in [2.45, 2.75) is 5.75 Å². The van der Waals surface area contributed by atoms with Crippen LogP contribution >= 0.6 is 50.9 Å². The van der Waals surface area contributed by atoms with E-state index in [9.17, 15) is 4.79 Å². The molecule has 6 heteroatoms. The van der Waals surface area contributed by atoms with Gasteiger partial charge in [-0.25, -0.2) is 0 Å². The Hall–Kier alpha value is -0.680. The van der Waals surface area contributed by atoms with Crippen LogP contribution in [-0.2, 0) is 5.75 Å². The first kappa shape index (κ1) is 17.7. The van der Waals surface area contributed by atoms with Crippen molar-refractivity contribution in [3.8, 4) is 0 Å². The number of carbonyl (C=O) groups is 1. The Kier molecular flexibility index (Phi) is 7.09. The van der Waals surface area contributed by atoms with Crippen molar-refractivity contribution in [2.24, 2.45) is 0 Å². The minimum atomic E-state index is -0.158. The third-order valence-corrected chi connectivity index (χ3v) is 4.95. The molecule has 0 aliphatic rings. The average Bonchev–Trinajstić information content (AvgIpc) is 2.49. The summed E-state index contributed by atoms with van der Waals surface area (Å²) in [7, 11) is 0. The van der Waals surface area contributed by atoms with Crippen molar-refractivity contribution in [3.05, 3.63) is 68.1 Å². The van der Waals surface area contributed by atoms with Crippen LogP contribution in [0.4, 0.5) is 0 Å². The van der Waals surface area contributed by atoms with E-state index in [0.29, 0.717) is 17.1 Å². The predicted molar refractivity (Wildman–Crippen MR) is 99.1 cm³/mol. The molecule has 0 atom stereocenters. The molecule has 0 aliphatic carbocycles. The Morgan fingerprint density at radius 3 is 2.77 bits per heavy atom. The summed E-state index contributed by atoms with van der Waals surface area (Å²) in [5.41, 5.74) is 1.66. The first-order chi connectivity index (χ1) is 10.6. The summed E-state index contributed by atoms with van der Waals surface area (Å²) in [5.74, 6) is 1.53. The fourth-order valence-corrected chi connectivity index (χ4v) is 3.40. The molecule has 2 nitrogen and oxygen atoms in total. The average molecular weight is 419 g/mol. The lowest BCUT2D eigenvalue weighted by atomic mass is 10.2. The van der Waals surface area contributed by atoms with Gasteiger partial charge in [-0.2, -0.15) is 11.8 Å². The summed E-state index contributed by atoms with van der Waals surface area (Å²) in [6, 6.07) is 13.0. The van der Waals surface area contributed by atoms with E-state index >= 15 is 0 Å². The van der Waals surface area contributed by atoms with Crippen LogP contribution in [0.2, 0.25) is 10.0 Å². The number of hydrogen-bond acceptors (Lipinski definition) is 2. The number of nitrogens with one attached hydrogen (secondary N) is 1. The van der Waals surface area contributed by atoms with E-state index in [-0.39, 0.29) is 5.91 Å². The molecule has 116 valence electrons. The number of thioether (sulfide) groups is 1. The van der Waals surface area contributed by atoms with Crippen molar-refractivity contribution >= 4 is 56.8 Å². The molecule has 1 N–H and O–H groups in total. The molecule has 0 saturated heterocycles. The lowest BCUT2D eigenvalue weighted by molar-refractivity contribution is 0.0956. The van der Waals surface area contributed by atoms with E-state index in [4.69, 9.17) is 23.2 Å². The number of halogens is 3. The van der Waals surface area contributed by atoms with Gasteiger partial charge in [-0.1, -0.05) is 51.3 Å². The summed E-state index contributed by atoms with van der Waals surface area (Å²) in [6.07, 6.45) is 0. The minimum absolute atomic E-state index is 0.158. The summed E-state index contributed by atoms with van der Waals surface area (Å²) in [4.78, 5) is 12.1. The number of carbonyl (C=O) groups excluding carboxylic acids is 1. The van der Waals surface area contributed by atoms with E-state index < -0.39 is 0 Å². The third kappa shape index (κ3) is 5.51. The zero-order valence-electron chi connectivity index (χ0n) is 11.6. The van der Waals surface area contributed by atoms with Gasteiger partial charge in [-0.15, -0.1) is 0 Å². The first-order valence-electron chi connectivity index (χ1n) is 6.61. The predicted octanol–water partition coefficient (Wildman–Crippen LogP) is 5.42. The lowest BCUT2D eigenvalue weighted by Gasteiger charge is -2.07. The van der Waals surface area contributed by atoms with Crippen molar-refractivity contribution in [1.82, 2.24) is 5.32 Å². The maximum absolute atomic E-state index is 12.1. The van der Waals surface area contributed by atoms with Crippen LogP contribution in [0.3, 0.4) is 0 Å². The second-order valence-electron chi connectivity index (χ2n) is 4.56. The highest BCUT2D eigenvalue weighted by Crippen LogP contribution is 2.21. The monoisotopic (exact) mass is 417 g/mol. The Labute approximate surface area is 152 Å². The van der Waals surface area contributed by atoms with E-state index in [0.717, 1.165) is 21.0 Å². The maximum Gasteiger partial charge on any atom is 0.252 e. The highest BCUT2D eigenvalue weighted by Gasteiger charge is 2.10. The van der Waals surface area contributed by atoms with Gasteiger partial charge in [0.1, 0.15) is 0 Å². The van der Waals surface area contributed by atoms with Gasteiger partial charge in [-0.05, 0) is 35.9 Å². The molecule has 0 aliphatic heterocycles. The molecule has 2 aromatic rings. The molecular weight excluding hydrogens is 405 g/mol. The van der Waals surface area contributed by atoms with Gasteiger partial charge in [0.15, 0.2) is 0 Å². The van der Waals surface area contributed by atoms with Crippen LogP contribution in [0, 0.1) is 0 Å². The molecule has 1 amide bonds. The van der Waals surface area contributed by atoms with Crippen LogP contribution in [0.1, 0.15) is 15.9 Å². The first-order valence-corrected chi connectivity index (χ1v) is 9.32. The second-order valence-corrected chi connectivity index (χ2v) is 7.43. The van der Waals surface area contributed by atoms with E-state index in [1.54, 1.807) is 30.0 Å². The van der Waals surface area contributed by atoms with Gasteiger partial charge in [0.25, 0.3) is 5.91 Å². The van der Waals surface area contributed by atoms with Gasteiger partial charge in [0, 0.05) is 27.5 Å². The number of benzene rings is 2. The van der Waals surface area contributed by atoms with Crippen LogP contribution in [0.25, 0.3) is 0 Å². The molecule has 0 unspecified atom stereocenters. The van der Waals surface area contributed by atoms with Crippen LogP contribution < -0.4 is 5.32 Å². The topological polar surface area (TPSA) is 29.1 Å². The number of rotatable bonds is 6. The number of amides is 1. The van der Waals surface area contributed by atoms with Gasteiger partial charge >= 0.3 is 0 Å². The highest BCUT2D eigenvalue weighted by molar-refractivity contribution is 9.10. The zero-order chi connectivity index (χ0) is 15.9. The molecular formula is C16H14BrCl2NOS. The fourth-order valence-electron chi connectivity index (χ4n) is 1.82. The summed E-state index contributed by atoms with van der Waals surface area (Å²) >= 11 is 17.0. The zero-order valence-corrected chi connectivity index (χ0v) is 15.5. The van der Waals surface area contributed by atoms with Crippen molar-refractivity contribution in [1.29, 1.82) is 0 Å². The van der Waals surface area contributed by atoms with Crippen LogP contribution in [-0.4, -0.2) is 18.2 Å². The Balaban J connectivity index is 1.74.